The highest BCUT2D eigenvalue weighted by Crippen LogP contribution is 2.39. The molecule has 1 heterocycles. The van der Waals surface area contributed by atoms with Gasteiger partial charge in [-0.3, -0.25) is 0 Å². The van der Waals surface area contributed by atoms with Crippen LogP contribution in [0.1, 0.15) is 12.8 Å². The van der Waals surface area contributed by atoms with Gasteiger partial charge in [0.15, 0.2) is 0 Å². The molecule has 4 N–H and O–H groups in total. The second kappa shape index (κ2) is 3.70. The van der Waals surface area contributed by atoms with Gasteiger partial charge in [-0.25, -0.2) is 19.2 Å². The lowest BCUT2D eigenvalue weighted by Crippen LogP contribution is -2.53. The van der Waals surface area contributed by atoms with Crippen LogP contribution < -0.4 is 0 Å². The number of rotatable bonds is 4. The van der Waals surface area contributed by atoms with Crippen molar-refractivity contribution in [1.82, 2.24) is 0 Å². The van der Waals surface area contributed by atoms with E-state index in [9.17, 15) is 19.2 Å². The van der Waals surface area contributed by atoms with Crippen molar-refractivity contribution in [3.8, 4) is 0 Å². The molecular formula is C8H8O9. The van der Waals surface area contributed by atoms with Gasteiger partial charge in [0, 0.05) is 12.8 Å². The molecule has 1 rings (SSSR count). The summed E-state index contributed by atoms with van der Waals surface area (Å²) < 4.78 is 4.38. The first kappa shape index (κ1) is 12.9. The SMILES string of the molecule is O=C(O)C1(C(=O)O)CCC(C(=O)O)(C(=O)O)O1. The van der Waals surface area contributed by atoms with E-state index in [0.717, 1.165) is 0 Å². The third-order valence-corrected chi connectivity index (χ3v) is 2.56. The maximum absolute atomic E-state index is 10.8. The van der Waals surface area contributed by atoms with Gasteiger partial charge in [0.1, 0.15) is 0 Å². The van der Waals surface area contributed by atoms with Crippen LogP contribution in [-0.4, -0.2) is 55.5 Å². The van der Waals surface area contributed by atoms with Crippen LogP contribution in [0.5, 0.6) is 0 Å². The van der Waals surface area contributed by atoms with Crippen molar-refractivity contribution >= 4 is 23.9 Å². The second-order valence-electron chi connectivity index (χ2n) is 3.48. The number of ether oxygens (including phenoxy) is 1. The van der Waals surface area contributed by atoms with Crippen LogP contribution in [0, 0.1) is 0 Å². The zero-order chi connectivity index (χ0) is 13.4. The normalized spacial score (nSPS) is 20.7. The van der Waals surface area contributed by atoms with E-state index in [1.807, 2.05) is 0 Å². The lowest BCUT2D eigenvalue weighted by atomic mass is 9.96. The smallest absolute Gasteiger partial charge is 0.347 e. The van der Waals surface area contributed by atoms with Gasteiger partial charge in [-0.2, -0.15) is 0 Å². The molecule has 0 aliphatic carbocycles. The molecular weight excluding hydrogens is 240 g/mol. The fourth-order valence-corrected chi connectivity index (χ4v) is 1.54. The maximum Gasteiger partial charge on any atom is 0.347 e. The monoisotopic (exact) mass is 248 g/mol. The van der Waals surface area contributed by atoms with Crippen LogP contribution in [0.15, 0.2) is 0 Å². The molecule has 17 heavy (non-hydrogen) atoms. The summed E-state index contributed by atoms with van der Waals surface area (Å²) in [6.45, 7) is 0. The predicted octanol–water partition coefficient (Wildman–Crippen LogP) is -1.39. The van der Waals surface area contributed by atoms with Crippen LogP contribution in [0.4, 0.5) is 0 Å². The lowest BCUT2D eigenvalue weighted by molar-refractivity contribution is -0.202. The summed E-state index contributed by atoms with van der Waals surface area (Å²) in [6.07, 6.45) is -1.48. The molecule has 1 saturated heterocycles. The van der Waals surface area contributed by atoms with Crippen molar-refractivity contribution in [1.29, 1.82) is 0 Å². The Morgan fingerprint density at radius 1 is 0.706 bits per heavy atom. The van der Waals surface area contributed by atoms with E-state index >= 15 is 0 Å². The molecule has 0 aromatic heterocycles. The summed E-state index contributed by atoms with van der Waals surface area (Å²) in [7, 11) is 0. The highest BCUT2D eigenvalue weighted by Gasteiger charge is 2.66. The van der Waals surface area contributed by atoms with Crippen LogP contribution in [0.3, 0.4) is 0 Å². The topological polar surface area (TPSA) is 158 Å². The summed E-state index contributed by atoms with van der Waals surface area (Å²) >= 11 is 0. The van der Waals surface area contributed by atoms with E-state index in [-0.39, 0.29) is 0 Å². The van der Waals surface area contributed by atoms with Gasteiger partial charge in [-0.15, -0.1) is 0 Å². The molecule has 0 radical (unpaired) electrons. The number of carboxylic acid groups (broad SMARTS) is 4. The quantitative estimate of drug-likeness (QED) is 0.439. The molecule has 0 spiro atoms. The third-order valence-electron chi connectivity index (χ3n) is 2.56. The minimum atomic E-state index is -2.84. The third kappa shape index (κ3) is 1.60. The first-order valence-corrected chi connectivity index (χ1v) is 4.33. The molecule has 0 bridgehead atoms. The Morgan fingerprint density at radius 2 is 0.941 bits per heavy atom. The van der Waals surface area contributed by atoms with Crippen LogP contribution >= 0.6 is 0 Å². The highest BCUT2D eigenvalue weighted by molar-refractivity contribution is 6.07. The number of aliphatic carboxylic acids is 4. The molecule has 0 aromatic rings. The van der Waals surface area contributed by atoms with E-state index < -0.39 is 47.9 Å². The Bertz CT molecular complexity index is 343. The molecule has 0 saturated carbocycles. The molecule has 0 amide bonds. The zero-order valence-electron chi connectivity index (χ0n) is 8.24. The van der Waals surface area contributed by atoms with E-state index in [0.29, 0.717) is 0 Å². The molecule has 0 atom stereocenters. The first-order valence-electron chi connectivity index (χ1n) is 4.33. The van der Waals surface area contributed by atoms with Gasteiger partial charge in [0.05, 0.1) is 0 Å². The van der Waals surface area contributed by atoms with Gasteiger partial charge < -0.3 is 25.2 Å². The number of carboxylic acids is 4. The van der Waals surface area contributed by atoms with E-state index in [4.69, 9.17) is 20.4 Å². The molecule has 1 aliphatic heterocycles. The lowest BCUT2D eigenvalue weighted by Gasteiger charge is -2.23. The highest BCUT2D eigenvalue weighted by atomic mass is 16.6. The van der Waals surface area contributed by atoms with Crippen molar-refractivity contribution < 1.29 is 44.3 Å². The largest absolute Gasteiger partial charge is 0.479 e. The van der Waals surface area contributed by atoms with E-state index in [1.54, 1.807) is 0 Å². The molecule has 9 nitrogen and oxygen atoms in total. The molecule has 0 unspecified atom stereocenters. The summed E-state index contributed by atoms with van der Waals surface area (Å²) in [4.78, 5) is 43.2. The van der Waals surface area contributed by atoms with Gasteiger partial charge in [0.2, 0.25) is 0 Å². The Hall–Kier alpha value is -2.16. The Morgan fingerprint density at radius 3 is 1.06 bits per heavy atom. The minimum Gasteiger partial charge on any atom is -0.479 e. The van der Waals surface area contributed by atoms with Crippen LogP contribution in [-0.2, 0) is 23.9 Å². The zero-order valence-corrected chi connectivity index (χ0v) is 8.24. The Kier molecular flexibility index (Phi) is 2.81. The first-order chi connectivity index (χ1) is 7.69. The van der Waals surface area contributed by atoms with Crippen molar-refractivity contribution in [2.24, 2.45) is 0 Å². The number of carbonyl (C=O) groups is 4. The van der Waals surface area contributed by atoms with Crippen LogP contribution in [0.2, 0.25) is 0 Å². The molecule has 0 aromatic carbocycles. The standard InChI is InChI=1S/C8H8O9/c9-3(10)7(4(11)12)1-2-8(17-7,5(13)14)6(15)16/h1-2H2,(H,9,10)(H,11,12)(H,13,14)(H,15,16). The minimum absolute atomic E-state index is 0.740. The van der Waals surface area contributed by atoms with Crippen molar-refractivity contribution in [2.75, 3.05) is 0 Å². The average molecular weight is 248 g/mol. The van der Waals surface area contributed by atoms with Gasteiger partial charge in [0.25, 0.3) is 11.2 Å². The molecule has 9 heteroatoms. The van der Waals surface area contributed by atoms with Gasteiger partial charge in [-0.1, -0.05) is 0 Å². The van der Waals surface area contributed by atoms with Crippen molar-refractivity contribution in [3.05, 3.63) is 0 Å². The van der Waals surface area contributed by atoms with Crippen molar-refractivity contribution in [2.45, 2.75) is 24.0 Å². The fraction of sp³-hybridized carbons (Fsp3) is 0.500. The summed E-state index contributed by atoms with van der Waals surface area (Å²) in [5, 5.41) is 35.0. The van der Waals surface area contributed by atoms with Crippen LogP contribution in [0.25, 0.3) is 0 Å². The van der Waals surface area contributed by atoms with Crippen molar-refractivity contribution in [3.63, 3.8) is 0 Å². The predicted molar refractivity (Wildman–Crippen MR) is 46.3 cm³/mol. The Balaban J connectivity index is 3.24. The maximum atomic E-state index is 10.8. The summed E-state index contributed by atoms with van der Waals surface area (Å²) in [5.74, 6) is -7.74. The number of hydrogen-bond donors (Lipinski definition) is 4. The Labute approximate surface area is 93.2 Å². The van der Waals surface area contributed by atoms with E-state index in [2.05, 4.69) is 4.74 Å². The van der Waals surface area contributed by atoms with Gasteiger partial charge >= 0.3 is 23.9 Å². The average Bonchev–Trinajstić information content (AvgIpc) is 2.59. The second-order valence-corrected chi connectivity index (χ2v) is 3.48. The fourth-order valence-electron chi connectivity index (χ4n) is 1.54. The van der Waals surface area contributed by atoms with E-state index in [1.165, 1.54) is 0 Å². The molecule has 1 fully saturated rings. The summed E-state index contributed by atoms with van der Waals surface area (Å²) in [5.41, 5.74) is -5.67. The summed E-state index contributed by atoms with van der Waals surface area (Å²) in [6, 6.07) is 0. The number of hydrogen-bond acceptors (Lipinski definition) is 5. The molecule has 94 valence electrons. The molecule has 1 aliphatic rings. The van der Waals surface area contributed by atoms with Gasteiger partial charge in [-0.05, 0) is 0 Å².